The molecule has 0 spiro atoms. The summed E-state index contributed by atoms with van der Waals surface area (Å²) in [6, 6.07) is 3.18. The number of benzene rings is 1. The van der Waals surface area contributed by atoms with Crippen LogP contribution in [0.5, 0.6) is 0 Å². The van der Waals surface area contributed by atoms with Crippen LogP contribution in [0.4, 0.5) is 29.3 Å². The lowest BCUT2D eigenvalue weighted by atomic mass is 9.77. The zero-order valence-electron chi connectivity index (χ0n) is 15.3. The molecule has 1 aromatic heterocycles. The topological polar surface area (TPSA) is 57.3 Å². The number of hydrogen-bond donors (Lipinski definition) is 2. The Labute approximate surface area is 159 Å². The van der Waals surface area contributed by atoms with Gasteiger partial charge in [-0.05, 0) is 44.4 Å². The second-order valence-electron chi connectivity index (χ2n) is 6.93. The van der Waals surface area contributed by atoms with Gasteiger partial charge < -0.3 is 15.5 Å². The average molecular weight is 398 g/mol. The smallest absolute Gasteiger partial charge is 0.378 e. The number of carbonyl (C=O) groups excluding carboxylic acids is 1. The Morgan fingerprint density at radius 3 is 2.48 bits per heavy atom. The number of amides is 2. The summed E-state index contributed by atoms with van der Waals surface area (Å²) in [5, 5.41) is 7.91. The highest BCUT2D eigenvalue weighted by Gasteiger charge is 2.43. The van der Waals surface area contributed by atoms with E-state index < -0.39 is 23.3 Å². The van der Waals surface area contributed by atoms with Gasteiger partial charge in [-0.3, -0.25) is 0 Å². The predicted octanol–water partition coefficient (Wildman–Crippen LogP) is 4.74. The van der Waals surface area contributed by atoms with Crippen LogP contribution in [0.3, 0.4) is 0 Å². The summed E-state index contributed by atoms with van der Waals surface area (Å²) >= 11 is 1.45. The molecule has 27 heavy (non-hydrogen) atoms. The molecule has 146 valence electrons. The Morgan fingerprint density at radius 1 is 1.30 bits per heavy atom. The molecule has 0 radical (unpaired) electrons. The molecular formula is C18H21F3N4OS. The first-order chi connectivity index (χ1) is 12.6. The number of carbonyl (C=O) groups is 1. The SMILES string of the molecule is Cc1csc(C2(NC(=O)Nc3ccc(N(C)C)cc3C(F)(F)F)CCC2)n1. The van der Waals surface area contributed by atoms with Crippen molar-refractivity contribution in [2.45, 2.75) is 37.9 Å². The molecule has 1 fully saturated rings. The van der Waals surface area contributed by atoms with Crippen LogP contribution >= 0.6 is 11.3 Å². The first-order valence-electron chi connectivity index (χ1n) is 8.51. The number of aryl methyl sites for hydroxylation is 1. The molecule has 1 aliphatic rings. The molecule has 1 aromatic carbocycles. The number of nitrogens with one attached hydrogen (secondary N) is 2. The summed E-state index contributed by atoms with van der Waals surface area (Å²) in [5.41, 5.74) is -0.471. The maximum atomic E-state index is 13.4. The zero-order chi connectivity index (χ0) is 19.8. The van der Waals surface area contributed by atoms with Gasteiger partial charge in [-0.1, -0.05) is 0 Å². The summed E-state index contributed by atoms with van der Waals surface area (Å²) in [7, 11) is 3.32. The van der Waals surface area contributed by atoms with Crippen molar-refractivity contribution in [3.05, 3.63) is 39.8 Å². The van der Waals surface area contributed by atoms with Gasteiger partial charge in [0.1, 0.15) is 5.01 Å². The van der Waals surface area contributed by atoms with Crippen LogP contribution < -0.4 is 15.5 Å². The normalized spacial score (nSPS) is 15.8. The van der Waals surface area contributed by atoms with E-state index in [9.17, 15) is 18.0 Å². The molecule has 9 heteroatoms. The quantitative estimate of drug-likeness (QED) is 0.782. The monoisotopic (exact) mass is 398 g/mol. The van der Waals surface area contributed by atoms with Crippen LogP contribution in [0.15, 0.2) is 23.6 Å². The lowest BCUT2D eigenvalue weighted by molar-refractivity contribution is -0.136. The minimum atomic E-state index is -4.57. The fraction of sp³-hybridized carbons (Fsp3) is 0.444. The Kier molecular flexibility index (Phi) is 5.07. The standard InChI is InChI=1S/C18H21F3N4OS/c1-11-10-27-15(22-11)17(7-4-8-17)24-16(26)23-14-6-5-12(25(2)3)9-13(14)18(19,20)21/h5-6,9-10H,4,7-8H2,1-3H3,(H2,23,24,26). The van der Waals surface area contributed by atoms with E-state index in [0.29, 0.717) is 5.69 Å². The number of aromatic nitrogens is 1. The van der Waals surface area contributed by atoms with E-state index in [-0.39, 0.29) is 5.69 Å². The average Bonchev–Trinajstić information content (AvgIpc) is 2.96. The summed E-state index contributed by atoms with van der Waals surface area (Å²) < 4.78 is 40.3. The highest BCUT2D eigenvalue weighted by Crippen LogP contribution is 2.43. The molecular weight excluding hydrogens is 377 g/mol. The van der Waals surface area contributed by atoms with Gasteiger partial charge in [0.25, 0.3) is 0 Å². The highest BCUT2D eigenvalue weighted by molar-refractivity contribution is 7.09. The van der Waals surface area contributed by atoms with Gasteiger partial charge in [-0.2, -0.15) is 13.2 Å². The van der Waals surface area contributed by atoms with E-state index in [1.807, 2.05) is 12.3 Å². The van der Waals surface area contributed by atoms with Crippen molar-refractivity contribution in [1.29, 1.82) is 0 Å². The molecule has 2 aromatic rings. The van der Waals surface area contributed by atoms with Gasteiger partial charge in [-0.25, -0.2) is 9.78 Å². The Balaban J connectivity index is 1.81. The molecule has 0 bridgehead atoms. The number of hydrogen-bond acceptors (Lipinski definition) is 4. The van der Waals surface area contributed by atoms with Crippen molar-refractivity contribution < 1.29 is 18.0 Å². The van der Waals surface area contributed by atoms with Crippen LogP contribution in [-0.2, 0) is 11.7 Å². The molecule has 5 nitrogen and oxygen atoms in total. The molecule has 0 aliphatic heterocycles. The first kappa shape index (κ1) is 19.5. The van der Waals surface area contributed by atoms with Gasteiger partial charge >= 0.3 is 12.2 Å². The molecule has 0 unspecified atom stereocenters. The summed E-state index contributed by atoms with van der Waals surface area (Å²) in [6.45, 7) is 1.87. The number of nitrogens with zero attached hydrogens (tertiary/aromatic N) is 2. The minimum Gasteiger partial charge on any atom is -0.378 e. The lowest BCUT2D eigenvalue weighted by Crippen LogP contribution is -2.52. The molecule has 1 aliphatic carbocycles. The van der Waals surface area contributed by atoms with Crippen molar-refractivity contribution in [1.82, 2.24) is 10.3 Å². The summed E-state index contributed by atoms with van der Waals surface area (Å²) in [6.07, 6.45) is -2.20. The van der Waals surface area contributed by atoms with E-state index in [1.165, 1.54) is 23.5 Å². The van der Waals surface area contributed by atoms with E-state index in [0.717, 1.165) is 36.0 Å². The first-order valence-corrected chi connectivity index (χ1v) is 9.39. The fourth-order valence-corrected chi connectivity index (χ4v) is 4.03. The summed E-state index contributed by atoms with van der Waals surface area (Å²) in [4.78, 5) is 18.5. The van der Waals surface area contributed by atoms with Crippen LogP contribution in [-0.4, -0.2) is 25.1 Å². The van der Waals surface area contributed by atoms with Gasteiger partial charge in [0, 0.05) is 30.9 Å². The van der Waals surface area contributed by atoms with Crippen molar-refractivity contribution in [3.8, 4) is 0 Å². The lowest BCUT2D eigenvalue weighted by Gasteiger charge is -2.40. The van der Waals surface area contributed by atoms with E-state index >= 15 is 0 Å². The third-order valence-electron chi connectivity index (χ3n) is 4.66. The fourth-order valence-electron chi connectivity index (χ4n) is 3.02. The molecule has 1 heterocycles. The maximum Gasteiger partial charge on any atom is 0.418 e. The highest BCUT2D eigenvalue weighted by atomic mass is 32.1. The van der Waals surface area contributed by atoms with Crippen molar-refractivity contribution in [2.75, 3.05) is 24.3 Å². The Morgan fingerprint density at radius 2 is 2.00 bits per heavy atom. The number of rotatable bonds is 4. The number of urea groups is 1. The Hall–Kier alpha value is -2.29. The minimum absolute atomic E-state index is 0.268. The molecule has 2 amide bonds. The van der Waals surface area contributed by atoms with E-state index in [2.05, 4.69) is 15.6 Å². The predicted molar refractivity (Wildman–Crippen MR) is 100 cm³/mol. The zero-order valence-corrected chi connectivity index (χ0v) is 16.1. The van der Waals surface area contributed by atoms with Crippen LogP contribution in [0.25, 0.3) is 0 Å². The molecule has 0 saturated heterocycles. The van der Waals surface area contributed by atoms with Crippen molar-refractivity contribution in [3.63, 3.8) is 0 Å². The van der Waals surface area contributed by atoms with Crippen LogP contribution in [0, 0.1) is 6.92 Å². The second-order valence-corrected chi connectivity index (χ2v) is 7.79. The van der Waals surface area contributed by atoms with Crippen LogP contribution in [0.2, 0.25) is 0 Å². The second kappa shape index (κ2) is 7.03. The van der Waals surface area contributed by atoms with Gasteiger partial charge in [0.15, 0.2) is 0 Å². The van der Waals surface area contributed by atoms with E-state index in [4.69, 9.17) is 0 Å². The van der Waals surface area contributed by atoms with Gasteiger partial charge in [0.05, 0.1) is 16.8 Å². The maximum absolute atomic E-state index is 13.4. The summed E-state index contributed by atoms with van der Waals surface area (Å²) in [5.74, 6) is 0. The number of alkyl halides is 3. The van der Waals surface area contributed by atoms with Crippen molar-refractivity contribution in [2.24, 2.45) is 0 Å². The largest absolute Gasteiger partial charge is 0.418 e. The molecule has 1 saturated carbocycles. The van der Waals surface area contributed by atoms with Crippen LogP contribution in [0.1, 0.15) is 35.5 Å². The Bertz CT molecular complexity index is 843. The molecule has 2 N–H and O–H groups in total. The molecule has 0 atom stereocenters. The van der Waals surface area contributed by atoms with Crippen molar-refractivity contribution >= 4 is 28.7 Å². The van der Waals surface area contributed by atoms with E-state index in [1.54, 1.807) is 19.0 Å². The van der Waals surface area contributed by atoms with Gasteiger partial charge in [-0.15, -0.1) is 11.3 Å². The third-order valence-corrected chi connectivity index (χ3v) is 5.83. The number of halogens is 3. The molecule has 3 rings (SSSR count). The number of thiazole rings is 1. The van der Waals surface area contributed by atoms with Gasteiger partial charge in [0.2, 0.25) is 0 Å². The third kappa shape index (κ3) is 4.02. The number of anilines is 2.